The maximum absolute atomic E-state index is 10.1. The molecule has 1 aromatic rings. The van der Waals surface area contributed by atoms with E-state index in [1.165, 1.54) is 48.8 Å². The summed E-state index contributed by atoms with van der Waals surface area (Å²) < 4.78 is 0. The molecule has 0 spiro atoms. The fraction of sp³-hybridized carbons (Fsp3) is 0.667. The number of benzene rings is 1. The van der Waals surface area contributed by atoms with Gasteiger partial charge in [0.1, 0.15) is 0 Å². The molecule has 1 atom stereocenters. The average Bonchev–Trinajstić information content (AvgIpc) is 2.38. The monoisotopic (exact) mass is 262 g/mol. The van der Waals surface area contributed by atoms with Gasteiger partial charge in [-0.2, -0.15) is 0 Å². The Labute approximate surface area is 119 Å². The third kappa shape index (κ3) is 6.77. The van der Waals surface area contributed by atoms with E-state index in [-0.39, 0.29) is 6.10 Å². The Morgan fingerprint density at radius 1 is 1.00 bits per heavy atom. The fourth-order valence-electron chi connectivity index (χ4n) is 2.54. The van der Waals surface area contributed by atoms with E-state index in [0.29, 0.717) is 0 Å². The largest absolute Gasteiger partial charge is 0.393 e. The van der Waals surface area contributed by atoms with Crippen LogP contribution in [0.1, 0.15) is 68.6 Å². The molecule has 0 aliphatic carbocycles. The first-order valence-corrected chi connectivity index (χ1v) is 7.87. The Morgan fingerprint density at radius 2 is 1.68 bits per heavy atom. The van der Waals surface area contributed by atoms with Crippen molar-refractivity contribution in [3.8, 4) is 0 Å². The van der Waals surface area contributed by atoms with E-state index in [2.05, 4.69) is 39.0 Å². The summed E-state index contributed by atoms with van der Waals surface area (Å²) in [7, 11) is 0. The van der Waals surface area contributed by atoms with Crippen molar-refractivity contribution in [3.63, 3.8) is 0 Å². The number of hydrogen-bond acceptors (Lipinski definition) is 1. The van der Waals surface area contributed by atoms with Gasteiger partial charge in [-0.15, -0.1) is 0 Å². The van der Waals surface area contributed by atoms with Gasteiger partial charge in [0.2, 0.25) is 0 Å². The van der Waals surface area contributed by atoms with Crippen LogP contribution in [0.4, 0.5) is 0 Å². The quantitative estimate of drug-likeness (QED) is 0.624. The molecule has 0 aromatic heterocycles. The fourth-order valence-corrected chi connectivity index (χ4v) is 2.54. The van der Waals surface area contributed by atoms with Gasteiger partial charge in [-0.3, -0.25) is 0 Å². The van der Waals surface area contributed by atoms with Crippen molar-refractivity contribution in [2.75, 3.05) is 0 Å². The number of rotatable bonds is 9. The summed E-state index contributed by atoms with van der Waals surface area (Å²) in [5.74, 6) is 0. The van der Waals surface area contributed by atoms with Crippen molar-refractivity contribution >= 4 is 0 Å². The molecule has 1 heteroatoms. The standard InChI is InChI=1S/C18H30O/c1-4-5-6-7-8-9-10-18(19)14-17-13-15(2)11-12-16(17)3/h11-13,18-19H,4-10,14H2,1-3H3. The van der Waals surface area contributed by atoms with Gasteiger partial charge in [0.25, 0.3) is 0 Å². The highest BCUT2D eigenvalue weighted by molar-refractivity contribution is 5.30. The van der Waals surface area contributed by atoms with Crippen LogP contribution in [-0.2, 0) is 6.42 Å². The van der Waals surface area contributed by atoms with E-state index in [1.807, 2.05) is 0 Å². The number of aliphatic hydroxyl groups excluding tert-OH is 1. The average molecular weight is 262 g/mol. The van der Waals surface area contributed by atoms with Crippen molar-refractivity contribution in [1.29, 1.82) is 0 Å². The molecule has 0 amide bonds. The smallest absolute Gasteiger partial charge is 0.0580 e. The van der Waals surface area contributed by atoms with Crippen LogP contribution in [0.15, 0.2) is 18.2 Å². The van der Waals surface area contributed by atoms with Crippen molar-refractivity contribution in [3.05, 3.63) is 34.9 Å². The van der Waals surface area contributed by atoms with Crippen LogP contribution < -0.4 is 0 Å². The highest BCUT2D eigenvalue weighted by Crippen LogP contribution is 2.16. The third-order valence-electron chi connectivity index (χ3n) is 3.85. The predicted octanol–water partition coefficient (Wildman–Crippen LogP) is 4.96. The van der Waals surface area contributed by atoms with Gasteiger partial charge in [-0.05, 0) is 37.8 Å². The summed E-state index contributed by atoms with van der Waals surface area (Å²) in [5.41, 5.74) is 3.89. The van der Waals surface area contributed by atoms with E-state index < -0.39 is 0 Å². The van der Waals surface area contributed by atoms with Gasteiger partial charge < -0.3 is 5.11 Å². The van der Waals surface area contributed by atoms with Gasteiger partial charge >= 0.3 is 0 Å². The van der Waals surface area contributed by atoms with Gasteiger partial charge in [0.15, 0.2) is 0 Å². The molecule has 0 aliphatic heterocycles. The lowest BCUT2D eigenvalue weighted by Crippen LogP contribution is -2.11. The lowest BCUT2D eigenvalue weighted by molar-refractivity contribution is 0.160. The molecule has 0 heterocycles. The Morgan fingerprint density at radius 3 is 2.42 bits per heavy atom. The van der Waals surface area contributed by atoms with Crippen LogP contribution in [0.25, 0.3) is 0 Å². The first-order chi connectivity index (χ1) is 9.13. The number of unbranched alkanes of at least 4 members (excludes halogenated alkanes) is 5. The summed E-state index contributed by atoms with van der Waals surface area (Å²) in [6.45, 7) is 6.49. The Hall–Kier alpha value is -0.820. The molecule has 0 saturated heterocycles. The maximum Gasteiger partial charge on any atom is 0.0580 e. The van der Waals surface area contributed by atoms with E-state index in [9.17, 15) is 5.11 Å². The minimum atomic E-state index is -0.174. The Kier molecular flexibility index (Phi) is 7.81. The van der Waals surface area contributed by atoms with E-state index in [1.54, 1.807) is 0 Å². The maximum atomic E-state index is 10.1. The topological polar surface area (TPSA) is 20.2 Å². The lowest BCUT2D eigenvalue weighted by atomic mass is 9.97. The van der Waals surface area contributed by atoms with Crippen LogP contribution in [-0.4, -0.2) is 11.2 Å². The second-order valence-corrected chi connectivity index (χ2v) is 5.84. The van der Waals surface area contributed by atoms with Crippen molar-refractivity contribution in [2.24, 2.45) is 0 Å². The third-order valence-corrected chi connectivity index (χ3v) is 3.85. The number of hydrogen-bond donors (Lipinski definition) is 1. The molecule has 1 N–H and O–H groups in total. The van der Waals surface area contributed by atoms with Gasteiger partial charge in [0.05, 0.1) is 6.10 Å². The molecular formula is C18H30O. The molecule has 1 nitrogen and oxygen atoms in total. The molecule has 108 valence electrons. The Balaban J connectivity index is 2.23. The minimum Gasteiger partial charge on any atom is -0.393 e. The van der Waals surface area contributed by atoms with Crippen molar-refractivity contribution < 1.29 is 5.11 Å². The zero-order chi connectivity index (χ0) is 14.1. The number of aryl methyl sites for hydroxylation is 2. The van der Waals surface area contributed by atoms with E-state index in [0.717, 1.165) is 19.3 Å². The lowest BCUT2D eigenvalue weighted by Gasteiger charge is -2.13. The summed E-state index contributed by atoms with van der Waals surface area (Å²) in [5, 5.41) is 10.1. The number of aliphatic hydroxyl groups is 1. The molecule has 0 saturated carbocycles. The molecule has 0 aliphatic rings. The van der Waals surface area contributed by atoms with Crippen LogP contribution in [0.3, 0.4) is 0 Å². The molecule has 0 bridgehead atoms. The predicted molar refractivity (Wildman–Crippen MR) is 83.6 cm³/mol. The second kappa shape index (κ2) is 9.14. The Bertz CT molecular complexity index is 357. The van der Waals surface area contributed by atoms with Crippen molar-refractivity contribution in [1.82, 2.24) is 0 Å². The highest BCUT2D eigenvalue weighted by atomic mass is 16.3. The molecule has 0 radical (unpaired) electrons. The first-order valence-electron chi connectivity index (χ1n) is 7.87. The molecule has 1 rings (SSSR count). The molecule has 19 heavy (non-hydrogen) atoms. The first kappa shape index (κ1) is 16.2. The summed E-state index contributed by atoms with van der Waals surface area (Å²) in [4.78, 5) is 0. The van der Waals surface area contributed by atoms with E-state index >= 15 is 0 Å². The molecule has 1 aromatic carbocycles. The van der Waals surface area contributed by atoms with Crippen LogP contribution >= 0.6 is 0 Å². The normalized spacial score (nSPS) is 12.6. The van der Waals surface area contributed by atoms with Gasteiger partial charge in [-0.25, -0.2) is 0 Å². The van der Waals surface area contributed by atoms with Crippen LogP contribution in [0.5, 0.6) is 0 Å². The second-order valence-electron chi connectivity index (χ2n) is 5.84. The van der Waals surface area contributed by atoms with Crippen LogP contribution in [0, 0.1) is 13.8 Å². The minimum absolute atomic E-state index is 0.174. The van der Waals surface area contributed by atoms with Gasteiger partial charge in [-0.1, -0.05) is 69.2 Å². The highest BCUT2D eigenvalue weighted by Gasteiger charge is 2.07. The molecule has 0 fully saturated rings. The zero-order valence-electron chi connectivity index (χ0n) is 12.9. The van der Waals surface area contributed by atoms with Gasteiger partial charge in [0, 0.05) is 0 Å². The summed E-state index contributed by atoms with van der Waals surface area (Å²) >= 11 is 0. The van der Waals surface area contributed by atoms with Crippen LogP contribution in [0.2, 0.25) is 0 Å². The van der Waals surface area contributed by atoms with E-state index in [4.69, 9.17) is 0 Å². The zero-order valence-corrected chi connectivity index (χ0v) is 12.9. The molecular weight excluding hydrogens is 232 g/mol. The summed E-state index contributed by atoms with van der Waals surface area (Å²) in [6.07, 6.45) is 9.34. The van der Waals surface area contributed by atoms with Crippen molar-refractivity contribution in [2.45, 2.75) is 78.2 Å². The molecule has 1 unspecified atom stereocenters. The SMILES string of the molecule is CCCCCCCCC(O)Cc1cc(C)ccc1C. The summed E-state index contributed by atoms with van der Waals surface area (Å²) in [6, 6.07) is 6.50.